The van der Waals surface area contributed by atoms with Crippen molar-refractivity contribution in [1.82, 2.24) is 9.88 Å². The molecule has 0 radical (unpaired) electrons. The van der Waals surface area contributed by atoms with Crippen LogP contribution in [0.4, 0.5) is 8.78 Å². The second kappa shape index (κ2) is 8.10. The number of hydrogen-bond donors (Lipinski definition) is 1. The molecule has 1 aromatic heterocycles. The first-order valence-corrected chi connectivity index (χ1v) is 9.56. The third kappa shape index (κ3) is 3.82. The molecule has 0 bridgehead atoms. The third-order valence-corrected chi connectivity index (χ3v) is 5.26. The van der Waals surface area contributed by atoms with E-state index in [4.69, 9.17) is 0 Å². The van der Waals surface area contributed by atoms with Crippen LogP contribution in [0.25, 0.3) is 5.76 Å². The van der Waals surface area contributed by atoms with Crippen LogP contribution in [-0.4, -0.2) is 26.7 Å². The average Bonchev–Trinajstić information content (AvgIpc) is 3.02. The molecule has 3 aromatic rings. The number of carbonyl (C=O) groups excluding carboxylic acids is 2. The van der Waals surface area contributed by atoms with Crippen molar-refractivity contribution in [3.8, 4) is 0 Å². The molecule has 1 fully saturated rings. The predicted octanol–water partition coefficient (Wildman–Crippen LogP) is 4.29. The van der Waals surface area contributed by atoms with Gasteiger partial charge in [0.2, 0.25) is 0 Å². The van der Waals surface area contributed by atoms with Gasteiger partial charge in [0.1, 0.15) is 17.4 Å². The molecule has 31 heavy (non-hydrogen) atoms. The highest BCUT2D eigenvalue weighted by molar-refractivity contribution is 6.46. The van der Waals surface area contributed by atoms with Gasteiger partial charge in [0.25, 0.3) is 11.7 Å². The first kappa shape index (κ1) is 20.4. The number of rotatable bonds is 4. The first-order chi connectivity index (χ1) is 14.9. The van der Waals surface area contributed by atoms with Gasteiger partial charge in [0.15, 0.2) is 0 Å². The number of pyridine rings is 1. The fourth-order valence-electron chi connectivity index (χ4n) is 3.67. The molecule has 1 N–H and O–H groups in total. The molecule has 1 aliphatic rings. The molecule has 7 heteroatoms. The van der Waals surface area contributed by atoms with Crippen LogP contribution in [0.1, 0.15) is 28.3 Å². The molecule has 1 saturated heterocycles. The maximum Gasteiger partial charge on any atom is 0.295 e. The summed E-state index contributed by atoms with van der Waals surface area (Å²) in [5, 5.41) is 11.0. The lowest BCUT2D eigenvalue weighted by Crippen LogP contribution is -2.29. The molecule has 2 aromatic carbocycles. The van der Waals surface area contributed by atoms with Crippen LogP contribution in [0.15, 0.2) is 72.6 Å². The van der Waals surface area contributed by atoms with Crippen molar-refractivity contribution >= 4 is 17.4 Å². The van der Waals surface area contributed by atoms with Crippen molar-refractivity contribution < 1.29 is 23.5 Å². The topological polar surface area (TPSA) is 70.5 Å². The number of aliphatic hydroxyl groups excluding tert-OH is 1. The number of hydrogen-bond acceptors (Lipinski definition) is 4. The van der Waals surface area contributed by atoms with E-state index >= 15 is 0 Å². The standard InChI is InChI=1S/C24H18F2N2O3/c1-14-12-17(4-7-19(14)26)22(29)20-21(16-8-10-27-11-9-16)28(24(31)23(20)30)13-15-2-5-18(25)6-3-15/h2-12,21,29H,13H2,1H3/b22-20-. The van der Waals surface area contributed by atoms with E-state index in [2.05, 4.69) is 4.98 Å². The predicted molar refractivity (Wildman–Crippen MR) is 110 cm³/mol. The Bertz CT molecular complexity index is 1190. The van der Waals surface area contributed by atoms with Gasteiger partial charge in [-0.1, -0.05) is 12.1 Å². The highest BCUT2D eigenvalue weighted by Crippen LogP contribution is 2.40. The van der Waals surface area contributed by atoms with Crippen LogP contribution in [0.2, 0.25) is 0 Å². The van der Waals surface area contributed by atoms with E-state index < -0.39 is 29.4 Å². The van der Waals surface area contributed by atoms with Gasteiger partial charge in [0.05, 0.1) is 11.6 Å². The molecule has 0 saturated carbocycles. The minimum Gasteiger partial charge on any atom is -0.507 e. The zero-order valence-corrected chi connectivity index (χ0v) is 16.5. The van der Waals surface area contributed by atoms with Crippen molar-refractivity contribution in [2.75, 3.05) is 0 Å². The molecule has 1 unspecified atom stereocenters. The summed E-state index contributed by atoms with van der Waals surface area (Å²) in [6.45, 7) is 1.58. The van der Waals surface area contributed by atoms with Crippen LogP contribution in [0, 0.1) is 18.6 Å². The zero-order chi connectivity index (χ0) is 22.1. The number of nitrogens with zero attached hydrogens (tertiary/aromatic N) is 2. The van der Waals surface area contributed by atoms with Gasteiger partial charge in [-0.15, -0.1) is 0 Å². The van der Waals surface area contributed by atoms with E-state index in [0.29, 0.717) is 16.7 Å². The Morgan fingerprint density at radius 2 is 1.71 bits per heavy atom. The Balaban J connectivity index is 1.85. The Labute approximate surface area is 177 Å². The van der Waals surface area contributed by atoms with E-state index in [1.807, 2.05) is 0 Å². The molecule has 0 aliphatic carbocycles. The van der Waals surface area contributed by atoms with E-state index in [1.165, 1.54) is 59.8 Å². The van der Waals surface area contributed by atoms with E-state index in [9.17, 15) is 23.5 Å². The van der Waals surface area contributed by atoms with Gasteiger partial charge in [-0.05, 0) is 66.1 Å². The van der Waals surface area contributed by atoms with E-state index in [-0.39, 0.29) is 23.4 Å². The SMILES string of the molecule is Cc1cc(/C(O)=C2/C(=O)C(=O)N(Cc3ccc(F)cc3)C2c2ccncc2)ccc1F. The van der Waals surface area contributed by atoms with Gasteiger partial charge in [-0.3, -0.25) is 14.6 Å². The smallest absolute Gasteiger partial charge is 0.295 e. The molecular formula is C24H18F2N2O3. The summed E-state index contributed by atoms with van der Waals surface area (Å²) in [6, 6.07) is 12.0. The molecule has 156 valence electrons. The third-order valence-electron chi connectivity index (χ3n) is 5.26. The minimum absolute atomic E-state index is 0.0388. The second-order valence-electron chi connectivity index (χ2n) is 7.30. The number of benzene rings is 2. The molecule has 4 rings (SSSR count). The summed E-state index contributed by atoms with van der Waals surface area (Å²) >= 11 is 0. The normalized spacial score (nSPS) is 17.9. The fraction of sp³-hybridized carbons (Fsp3) is 0.125. The summed E-state index contributed by atoms with van der Waals surface area (Å²) in [4.78, 5) is 31.2. The number of amides is 1. The fourth-order valence-corrected chi connectivity index (χ4v) is 3.67. The zero-order valence-electron chi connectivity index (χ0n) is 16.5. The van der Waals surface area contributed by atoms with Crippen LogP contribution < -0.4 is 0 Å². The molecular weight excluding hydrogens is 402 g/mol. The molecule has 1 atom stereocenters. The lowest BCUT2D eigenvalue weighted by atomic mass is 9.95. The highest BCUT2D eigenvalue weighted by atomic mass is 19.1. The second-order valence-corrected chi connectivity index (χ2v) is 7.30. The van der Waals surface area contributed by atoms with Crippen molar-refractivity contribution in [3.63, 3.8) is 0 Å². The Kier molecular flexibility index (Phi) is 5.33. The molecule has 2 heterocycles. The largest absolute Gasteiger partial charge is 0.507 e. The number of Topliss-reactive ketones (excluding diaryl/α,β-unsaturated/α-hetero) is 1. The Morgan fingerprint density at radius 3 is 2.35 bits per heavy atom. The first-order valence-electron chi connectivity index (χ1n) is 9.56. The number of ketones is 1. The van der Waals surface area contributed by atoms with Gasteiger partial charge in [0, 0.05) is 24.5 Å². The molecule has 1 aliphatic heterocycles. The monoisotopic (exact) mass is 420 g/mol. The van der Waals surface area contributed by atoms with Crippen molar-refractivity contribution in [2.24, 2.45) is 0 Å². The maximum atomic E-state index is 13.7. The number of aryl methyl sites for hydroxylation is 1. The Hall–Kier alpha value is -3.87. The van der Waals surface area contributed by atoms with Crippen LogP contribution in [-0.2, 0) is 16.1 Å². The van der Waals surface area contributed by atoms with Gasteiger partial charge in [-0.2, -0.15) is 0 Å². The van der Waals surface area contributed by atoms with Gasteiger partial charge in [-0.25, -0.2) is 8.78 Å². The summed E-state index contributed by atoms with van der Waals surface area (Å²) in [7, 11) is 0. The summed E-state index contributed by atoms with van der Waals surface area (Å²) in [6.07, 6.45) is 3.05. The van der Waals surface area contributed by atoms with Crippen molar-refractivity contribution in [3.05, 3.63) is 106 Å². The minimum atomic E-state index is -0.876. The summed E-state index contributed by atoms with van der Waals surface area (Å²) in [5.41, 5.74) is 1.64. The van der Waals surface area contributed by atoms with Crippen molar-refractivity contribution in [2.45, 2.75) is 19.5 Å². The number of likely N-dealkylation sites (tertiary alicyclic amines) is 1. The van der Waals surface area contributed by atoms with Gasteiger partial charge >= 0.3 is 0 Å². The number of aliphatic hydroxyl groups is 1. The highest BCUT2D eigenvalue weighted by Gasteiger charge is 2.46. The van der Waals surface area contributed by atoms with Crippen molar-refractivity contribution in [1.29, 1.82) is 0 Å². The number of carbonyl (C=O) groups is 2. The number of aromatic nitrogens is 1. The number of halogens is 2. The molecule has 1 amide bonds. The van der Waals surface area contributed by atoms with Gasteiger partial charge < -0.3 is 10.0 Å². The van der Waals surface area contributed by atoms with E-state index in [1.54, 1.807) is 19.1 Å². The van der Waals surface area contributed by atoms with Crippen LogP contribution in [0.5, 0.6) is 0 Å². The summed E-state index contributed by atoms with van der Waals surface area (Å²) < 4.78 is 27.0. The molecule has 0 spiro atoms. The lowest BCUT2D eigenvalue weighted by molar-refractivity contribution is -0.140. The van der Waals surface area contributed by atoms with E-state index in [0.717, 1.165) is 0 Å². The van der Waals surface area contributed by atoms with Crippen LogP contribution in [0.3, 0.4) is 0 Å². The van der Waals surface area contributed by atoms with Crippen LogP contribution >= 0.6 is 0 Å². The maximum absolute atomic E-state index is 13.7. The quantitative estimate of drug-likeness (QED) is 0.388. The Morgan fingerprint density at radius 1 is 1.03 bits per heavy atom. The summed E-state index contributed by atoms with van der Waals surface area (Å²) in [5.74, 6) is -2.87. The lowest BCUT2D eigenvalue weighted by Gasteiger charge is -2.25. The molecule has 5 nitrogen and oxygen atoms in total. The average molecular weight is 420 g/mol.